The molecule has 3 aliphatic rings. The lowest BCUT2D eigenvalue weighted by atomic mass is 9.95. The summed E-state index contributed by atoms with van der Waals surface area (Å²) >= 11 is 1.94. The van der Waals surface area contributed by atoms with Crippen LogP contribution in [-0.4, -0.2) is 49.9 Å². The number of ketones is 1. The largest absolute Gasteiger partial charge is 0.348 e. The number of hydrogen-bond donors (Lipinski definition) is 3. The van der Waals surface area contributed by atoms with Crippen molar-refractivity contribution in [2.75, 3.05) is 5.75 Å². The van der Waals surface area contributed by atoms with Crippen LogP contribution in [0.25, 0.3) is 0 Å². The van der Waals surface area contributed by atoms with Crippen molar-refractivity contribution in [3.8, 4) is 0 Å². The number of thioether (sulfide) groups is 1. The smallest absolute Gasteiger partial charge is 0.315 e. The summed E-state index contributed by atoms with van der Waals surface area (Å²) in [4.78, 5) is 33.8. The number of rotatable bonds is 14. The van der Waals surface area contributed by atoms with Crippen molar-refractivity contribution in [3.05, 3.63) is 84.2 Å². The fraction of sp³-hybridized carbons (Fsp3) is 0.667. The second kappa shape index (κ2) is 28.3. The number of nitrogens with zero attached hydrogens (tertiary/aromatic N) is 2. The van der Waals surface area contributed by atoms with Gasteiger partial charge < -0.3 is 15.6 Å². The number of H-pyrrole nitrogens is 1. The third kappa shape index (κ3) is 22.0. The Morgan fingerprint density at radius 3 is 1.98 bits per heavy atom. The number of amides is 2. The minimum Gasteiger partial charge on any atom is -0.348 e. The number of nitrogens with one attached hydrogen (secondary N) is 3. The Bertz CT molecular complexity index is 1360. The van der Waals surface area contributed by atoms with E-state index in [1.807, 2.05) is 50.3 Å². The molecule has 6 rings (SSSR count). The van der Waals surface area contributed by atoms with Crippen LogP contribution in [0.1, 0.15) is 144 Å². The van der Waals surface area contributed by atoms with E-state index in [0.29, 0.717) is 29.5 Å². The van der Waals surface area contributed by atoms with E-state index in [1.54, 1.807) is 6.33 Å². The molecule has 2 amide bonds. The maximum Gasteiger partial charge on any atom is 0.315 e. The van der Waals surface area contributed by atoms with Crippen molar-refractivity contribution < 1.29 is 9.59 Å². The Kier molecular flexibility index (Phi) is 24.8. The van der Waals surface area contributed by atoms with Gasteiger partial charge in [0.25, 0.3) is 0 Å². The number of Topliss-reactive ketones (excluding diaryl/α,β-unsaturated/α-hetero) is 1. The van der Waals surface area contributed by atoms with Crippen LogP contribution in [0.4, 0.5) is 4.79 Å². The Morgan fingerprint density at radius 2 is 1.45 bits per heavy atom. The zero-order valence-corrected chi connectivity index (χ0v) is 37.7. The number of hydrogen-bond acceptors (Lipinski definition) is 5. The first-order valence-electron chi connectivity index (χ1n) is 21.9. The highest BCUT2D eigenvalue weighted by Crippen LogP contribution is 2.33. The number of fused-ring (bicyclic) bond motifs is 1. The molecule has 4 heterocycles. The van der Waals surface area contributed by atoms with E-state index in [0.717, 1.165) is 67.4 Å². The minimum absolute atomic E-state index is 0.0229. The normalized spacial score (nSPS) is 18.6. The van der Waals surface area contributed by atoms with Crippen LogP contribution in [0.15, 0.2) is 67.4 Å². The van der Waals surface area contributed by atoms with Crippen molar-refractivity contribution in [3.63, 3.8) is 0 Å². The zero-order chi connectivity index (χ0) is 41.3. The van der Waals surface area contributed by atoms with E-state index in [4.69, 9.17) is 0 Å². The fourth-order valence-corrected chi connectivity index (χ4v) is 8.69. The SMILES string of the molecule is CC(C)C(=O)CCCC[C@@H]1SCC2NC(=O)NC21.CC(C)C1CCCC1.CC(C)CCc1cnc[nH]1.CC(C)Cc1ccccc1.CC(C)Cc1cccnc1. The number of benzene rings is 1. The molecular weight excluding hydrogens is 711 g/mol. The molecule has 2 unspecified atom stereocenters. The minimum atomic E-state index is -0.0229. The quantitative estimate of drug-likeness (QED) is 0.112. The number of pyridine rings is 1. The van der Waals surface area contributed by atoms with Crippen molar-refractivity contribution in [1.82, 2.24) is 25.6 Å². The molecule has 8 heteroatoms. The van der Waals surface area contributed by atoms with Gasteiger partial charge in [-0.1, -0.05) is 138 Å². The van der Waals surface area contributed by atoms with Gasteiger partial charge in [0.2, 0.25) is 0 Å². The topological polar surface area (TPSA) is 99.8 Å². The lowest BCUT2D eigenvalue weighted by Gasteiger charge is -2.16. The van der Waals surface area contributed by atoms with Gasteiger partial charge >= 0.3 is 6.03 Å². The van der Waals surface area contributed by atoms with E-state index in [9.17, 15) is 9.59 Å². The number of carbonyl (C=O) groups is 2. The molecule has 1 aliphatic carbocycles. The summed E-state index contributed by atoms with van der Waals surface area (Å²) in [6.45, 7) is 22.0. The standard InChI is InChI=1S/C13H22N2O2S.C10H14.C9H13N.C8H14N2.C8H16/c1-8(2)10(16)5-3-4-6-11-12-9(7-18-11)14-13(17)15-12;1-9(2)8-10-6-4-3-5-7-10;1-8(2)6-9-4-3-5-10-7-9;1-7(2)3-4-8-5-9-6-10-8;1-7(2)8-5-3-4-6-8/h8-9,11-12H,3-7H2,1-2H3,(H2,14,15,17);3-7,9H,8H2,1-2H3;3-5,7-8H,6H2,1-2H3;5-7H,3-4H2,1-2H3,(H,9,10);7-8H,3-6H2,1-2H3/t9?,11-,12?;;;;/m0..../s1. The molecule has 2 aliphatic heterocycles. The van der Waals surface area contributed by atoms with Gasteiger partial charge in [-0.2, -0.15) is 11.8 Å². The Hall–Kier alpha value is -3.13. The number of imidazole rings is 1. The number of aromatic nitrogens is 3. The van der Waals surface area contributed by atoms with Gasteiger partial charge in [-0.25, -0.2) is 9.78 Å². The predicted octanol–water partition coefficient (Wildman–Crippen LogP) is 11.9. The van der Waals surface area contributed by atoms with Crippen LogP contribution in [0.3, 0.4) is 0 Å². The molecule has 2 saturated heterocycles. The molecule has 7 nitrogen and oxygen atoms in total. The molecule has 56 heavy (non-hydrogen) atoms. The van der Waals surface area contributed by atoms with Crippen LogP contribution < -0.4 is 10.6 Å². The Labute approximate surface area is 346 Å². The van der Waals surface area contributed by atoms with Crippen molar-refractivity contribution in [2.45, 2.75) is 164 Å². The molecule has 0 spiro atoms. The average molecular weight is 790 g/mol. The molecule has 314 valence electrons. The molecule has 1 saturated carbocycles. The first kappa shape index (κ1) is 49.0. The maximum absolute atomic E-state index is 11.5. The molecule has 3 fully saturated rings. The number of urea groups is 1. The van der Waals surface area contributed by atoms with Crippen molar-refractivity contribution in [2.24, 2.45) is 35.5 Å². The van der Waals surface area contributed by atoms with E-state index in [2.05, 4.69) is 117 Å². The summed E-state index contributed by atoms with van der Waals surface area (Å²) in [6.07, 6.45) is 21.9. The van der Waals surface area contributed by atoms with Crippen LogP contribution in [0, 0.1) is 35.5 Å². The lowest BCUT2D eigenvalue weighted by molar-refractivity contribution is -0.122. The highest BCUT2D eigenvalue weighted by Gasteiger charge is 2.42. The molecule has 3 atom stereocenters. The average Bonchev–Trinajstić information content (AvgIpc) is 3.98. The lowest BCUT2D eigenvalue weighted by Crippen LogP contribution is -2.36. The van der Waals surface area contributed by atoms with Crippen LogP contribution in [-0.2, 0) is 24.1 Å². The van der Waals surface area contributed by atoms with E-state index < -0.39 is 0 Å². The van der Waals surface area contributed by atoms with Gasteiger partial charge in [0, 0.05) is 47.6 Å². The molecule has 0 bridgehead atoms. The molecule has 3 aromatic rings. The number of unbranched alkanes of at least 4 members (excludes halogenated alkanes) is 1. The summed E-state index contributed by atoms with van der Waals surface area (Å²) in [5.74, 6) is 5.82. The van der Waals surface area contributed by atoms with Gasteiger partial charge in [-0.05, 0) is 85.3 Å². The number of carbonyl (C=O) groups excluding carboxylic acids is 2. The molecule has 2 aromatic heterocycles. The second-order valence-electron chi connectivity index (χ2n) is 17.8. The molecule has 0 radical (unpaired) electrons. The monoisotopic (exact) mass is 790 g/mol. The Balaban J connectivity index is 0.000000251. The van der Waals surface area contributed by atoms with Gasteiger partial charge in [-0.15, -0.1) is 0 Å². The van der Waals surface area contributed by atoms with Crippen LogP contribution in [0.2, 0.25) is 0 Å². The van der Waals surface area contributed by atoms with Crippen molar-refractivity contribution >= 4 is 23.6 Å². The molecular formula is C48H79N5O2S. The van der Waals surface area contributed by atoms with Gasteiger partial charge in [0.15, 0.2) is 0 Å². The summed E-state index contributed by atoms with van der Waals surface area (Å²) in [6, 6.07) is 15.3. The third-order valence-electron chi connectivity index (χ3n) is 10.5. The first-order chi connectivity index (χ1) is 26.7. The zero-order valence-electron chi connectivity index (χ0n) is 36.9. The highest BCUT2D eigenvalue weighted by molar-refractivity contribution is 8.00. The molecule has 1 aromatic carbocycles. The summed E-state index contributed by atoms with van der Waals surface area (Å²) in [5.41, 5.74) is 4.02. The Morgan fingerprint density at radius 1 is 0.786 bits per heavy atom. The highest BCUT2D eigenvalue weighted by atomic mass is 32.2. The first-order valence-corrected chi connectivity index (χ1v) is 22.9. The second-order valence-corrected chi connectivity index (χ2v) is 19.1. The van der Waals surface area contributed by atoms with Gasteiger partial charge in [0.05, 0.1) is 18.4 Å². The summed E-state index contributed by atoms with van der Waals surface area (Å²) < 4.78 is 0. The summed E-state index contributed by atoms with van der Waals surface area (Å²) in [5, 5.41) is 6.46. The van der Waals surface area contributed by atoms with E-state index in [-0.39, 0.29) is 11.9 Å². The van der Waals surface area contributed by atoms with Crippen LogP contribution >= 0.6 is 11.8 Å². The summed E-state index contributed by atoms with van der Waals surface area (Å²) in [7, 11) is 0. The van der Waals surface area contributed by atoms with E-state index in [1.165, 1.54) is 55.3 Å². The van der Waals surface area contributed by atoms with E-state index >= 15 is 0 Å². The third-order valence-corrected chi connectivity index (χ3v) is 12.0. The predicted molar refractivity (Wildman–Crippen MR) is 240 cm³/mol. The fourth-order valence-electron chi connectivity index (χ4n) is 7.14. The van der Waals surface area contributed by atoms with Crippen LogP contribution in [0.5, 0.6) is 0 Å². The van der Waals surface area contributed by atoms with Gasteiger partial charge in [-0.3, -0.25) is 9.78 Å². The number of aryl methyl sites for hydroxylation is 1. The number of aromatic amines is 1. The molecule has 3 N–H and O–H groups in total. The van der Waals surface area contributed by atoms with Gasteiger partial charge in [0.1, 0.15) is 5.78 Å². The van der Waals surface area contributed by atoms with Crippen molar-refractivity contribution in [1.29, 1.82) is 0 Å². The maximum atomic E-state index is 11.5.